The average molecular weight is 341 g/mol. The molecule has 0 bridgehead atoms. The highest BCUT2D eigenvalue weighted by Gasteiger charge is 2.64. The summed E-state index contributed by atoms with van der Waals surface area (Å²) in [5, 5.41) is 30.5. The Kier molecular flexibility index (Phi) is 4.40. The minimum atomic E-state index is -1.09. The third kappa shape index (κ3) is 2.48. The fraction of sp³-hybridized carbons (Fsp3) is 1.00. The van der Waals surface area contributed by atoms with Crippen molar-refractivity contribution in [2.75, 3.05) is 6.61 Å². The van der Waals surface area contributed by atoms with Gasteiger partial charge < -0.3 is 20.1 Å². The Hall–Kier alpha value is -0.160. The van der Waals surface area contributed by atoms with Crippen molar-refractivity contribution in [1.29, 1.82) is 0 Å². The maximum absolute atomic E-state index is 10.8. The number of aliphatic hydroxyl groups is 3. The SMILES string of the molecule is CC1(C)CCC[C@@]2(C)[C@H]1CC[C@@]1(C)O[C@](C)([C@H](O)CO)[C@@H](O)C[C@@H]21. The molecule has 0 aromatic rings. The molecule has 140 valence electrons. The molecule has 1 saturated heterocycles. The summed E-state index contributed by atoms with van der Waals surface area (Å²) < 4.78 is 6.45. The van der Waals surface area contributed by atoms with Gasteiger partial charge in [-0.15, -0.1) is 0 Å². The van der Waals surface area contributed by atoms with Crippen molar-refractivity contribution >= 4 is 0 Å². The molecule has 3 rings (SSSR count). The van der Waals surface area contributed by atoms with Crippen molar-refractivity contribution in [1.82, 2.24) is 0 Å². The second kappa shape index (κ2) is 5.67. The molecule has 0 amide bonds. The van der Waals surface area contributed by atoms with Gasteiger partial charge in [0, 0.05) is 0 Å². The molecule has 4 nitrogen and oxygen atoms in total. The first-order valence-electron chi connectivity index (χ1n) is 9.67. The molecule has 4 heteroatoms. The standard InChI is InChI=1S/C20H36O4/c1-17(2)8-6-9-18(3)13(17)7-10-19(4)14(18)11-15(22)20(5,24-19)16(23)12-21/h13-16,21-23H,6-12H2,1-5H3/t13-,14-,15-,16+,18-,19+,20-/m0/s1. The summed E-state index contributed by atoms with van der Waals surface area (Å²) in [7, 11) is 0. The summed E-state index contributed by atoms with van der Waals surface area (Å²) in [5.41, 5.74) is -0.929. The first-order valence-corrected chi connectivity index (χ1v) is 9.67. The Balaban J connectivity index is 1.95. The van der Waals surface area contributed by atoms with Crippen molar-refractivity contribution in [3.8, 4) is 0 Å². The summed E-state index contributed by atoms with van der Waals surface area (Å²) in [6.45, 7) is 10.7. The van der Waals surface area contributed by atoms with Gasteiger partial charge in [-0.05, 0) is 68.6 Å². The van der Waals surface area contributed by atoms with Gasteiger partial charge in [-0.1, -0.05) is 27.2 Å². The molecule has 3 aliphatic rings. The topological polar surface area (TPSA) is 69.9 Å². The van der Waals surface area contributed by atoms with Gasteiger partial charge in [0.25, 0.3) is 0 Å². The van der Waals surface area contributed by atoms with Crippen molar-refractivity contribution < 1.29 is 20.1 Å². The molecule has 7 atom stereocenters. The molecule has 0 unspecified atom stereocenters. The van der Waals surface area contributed by atoms with Gasteiger partial charge in [0.05, 0.1) is 18.3 Å². The summed E-state index contributed by atoms with van der Waals surface area (Å²) in [5.74, 6) is 0.942. The second-order valence-corrected chi connectivity index (χ2v) is 10.0. The van der Waals surface area contributed by atoms with Crippen LogP contribution >= 0.6 is 0 Å². The fourth-order valence-electron chi connectivity index (χ4n) is 6.75. The van der Waals surface area contributed by atoms with E-state index < -0.39 is 17.8 Å². The molecule has 1 aliphatic heterocycles. The van der Waals surface area contributed by atoms with Crippen molar-refractivity contribution in [2.24, 2.45) is 22.7 Å². The zero-order chi connectivity index (χ0) is 18.0. The van der Waals surface area contributed by atoms with E-state index in [9.17, 15) is 15.3 Å². The lowest BCUT2D eigenvalue weighted by molar-refractivity contribution is -0.318. The van der Waals surface area contributed by atoms with Crippen LogP contribution in [0.4, 0.5) is 0 Å². The largest absolute Gasteiger partial charge is 0.394 e. The third-order valence-corrected chi connectivity index (χ3v) is 8.15. The van der Waals surface area contributed by atoms with E-state index in [1.165, 1.54) is 19.3 Å². The highest BCUT2D eigenvalue weighted by molar-refractivity contribution is 5.13. The zero-order valence-corrected chi connectivity index (χ0v) is 16.0. The molecule has 0 aromatic heterocycles. The normalized spacial score (nSPS) is 52.2. The van der Waals surface area contributed by atoms with E-state index in [0.29, 0.717) is 17.8 Å². The van der Waals surface area contributed by atoms with E-state index in [2.05, 4.69) is 27.7 Å². The van der Waals surface area contributed by atoms with Crippen LogP contribution in [0.2, 0.25) is 0 Å². The molecule has 2 aliphatic carbocycles. The van der Waals surface area contributed by atoms with Crippen LogP contribution in [0, 0.1) is 22.7 Å². The fourth-order valence-corrected chi connectivity index (χ4v) is 6.75. The van der Waals surface area contributed by atoms with Gasteiger partial charge in [-0.25, -0.2) is 0 Å². The van der Waals surface area contributed by atoms with E-state index in [1.54, 1.807) is 6.92 Å². The summed E-state index contributed by atoms with van der Waals surface area (Å²) in [6.07, 6.45) is 4.64. The Morgan fingerprint density at radius 3 is 2.33 bits per heavy atom. The summed E-state index contributed by atoms with van der Waals surface area (Å²) >= 11 is 0. The minimum absolute atomic E-state index is 0.168. The Morgan fingerprint density at radius 1 is 1.04 bits per heavy atom. The lowest BCUT2D eigenvalue weighted by Gasteiger charge is -2.66. The van der Waals surface area contributed by atoms with E-state index in [4.69, 9.17) is 4.74 Å². The Bertz CT molecular complexity index is 492. The third-order valence-electron chi connectivity index (χ3n) is 8.15. The summed E-state index contributed by atoms with van der Waals surface area (Å²) in [6, 6.07) is 0. The molecule has 0 spiro atoms. The van der Waals surface area contributed by atoms with Gasteiger partial charge >= 0.3 is 0 Å². The first-order chi connectivity index (χ1) is 11.0. The maximum Gasteiger partial charge on any atom is 0.120 e. The molecule has 0 aromatic carbocycles. The maximum atomic E-state index is 10.8. The summed E-state index contributed by atoms with van der Waals surface area (Å²) in [4.78, 5) is 0. The molecule has 2 saturated carbocycles. The van der Waals surface area contributed by atoms with Crippen LogP contribution in [0.15, 0.2) is 0 Å². The predicted octanol–water partition coefficient (Wildman–Crippen LogP) is 2.88. The Labute approximate surface area is 146 Å². The van der Waals surface area contributed by atoms with Gasteiger partial charge in [0.1, 0.15) is 11.7 Å². The molecule has 3 N–H and O–H groups in total. The molecule has 24 heavy (non-hydrogen) atoms. The molecule has 0 radical (unpaired) electrons. The highest BCUT2D eigenvalue weighted by atomic mass is 16.6. The van der Waals surface area contributed by atoms with Crippen LogP contribution in [-0.4, -0.2) is 45.3 Å². The molecular weight excluding hydrogens is 304 g/mol. The average Bonchev–Trinajstić information content (AvgIpc) is 2.48. The highest BCUT2D eigenvalue weighted by Crippen LogP contribution is 2.65. The number of fused-ring (bicyclic) bond motifs is 3. The van der Waals surface area contributed by atoms with Gasteiger partial charge in [0.2, 0.25) is 0 Å². The van der Waals surface area contributed by atoms with Crippen LogP contribution in [0.1, 0.15) is 73.1 Å². The van der Waals surface area contributed by atoms with Gasteiger partial charge in [-0.2, -0.15) is 0 Å². The van der Waals surface area contributed by atoms with Gasteiger partial charge in [0.15, 0.2) is 0 Å². The Morgan fingerprint density at radius 2 is 1.71 bits per heavy atom. The van der Waals surface area contributed by atoms with Crippen molar-refractivity contribution in [3.63, 3.8) is 0 Å². The minimum Gasteiger partial charge on any atom is -0.394 e. The molecule has 3 fully saturated rings. The molecular formula is C20H36O4. The first kappa shape index (κ1) is 18.6. The number of hydrogen-bond donors (Lipinski definition) is 3. The monoisotopic (exact) mass is 340 g/mol. The van der Waals surface area contributed by atoms with E-state index in [1.807, 2.05) is 0 Å². The number of hydrogen-bond acceptors (Lipinski definition) is 4. The van der Waals surface area contributed by atoms with Crippen LogP contribution in [0.3, 0.4) is 0 Å². The van der Waals surface area contributed by atoms with Crippen molar-refractivity contribution in [2.45, 2.75) is 96.6 Å². The van der Waals surface area contributed by atoms with E-state index in [0.717, 1.165) is 12.8 Å². The molecule has 1 heterocycles. The lowest BCUT2D eigenvalue weighted by atomic mass is 9.44. The van der Waals surface area contributed by atoms with Crippen LogP contribution < -0.4 is 0 Å². The zero-order valence-electron chi connectivity index (χ0n) is 16.0. The van der Waals surface area contributed by atoms with Crippen molar-refractivity contribution in [3.05, 3.63) is 0 Å². The predicted molar refractivity (Wildman–Crippen MR) is 93.6 cm³/mol. The van der Waals surface area contributed by atoms with Crippen LogP contribution in [0.25, 0.3) is 0 Å². The van der Waals surface area contributed by atoms with Crippen LogP contribution in [0.5, 0.6) is 0 Å². The lowest BCUT2D eigenvalue weighted by Crippen LogP contribution is -2.69. The van der Waals surface area contributed by atoms with E-state index in [-0.39, 0.29) is 23.5 Å². The van der Waals surface area contributed by atoms with Crippen LogP contribution in [-0.2, 0) is 4.74 Å². The van der Waals surface area contributed by atoms with Gasteiger partial charge in [-0.3, -0.25) is 0 Å². The van der Waals surface area contributed by atoms with E-state index >= 15 is 0 Å². The second-order valence-electron chi connectivity index (χ2n) is 10.0. The number of ether oxygens (including phenoxy) is 1. The number of rotatable bonds is 2. The quantitative estimate of drug-likeness (QED) is 0.723. The smallest absolute Gasteiger partial charge is 0.120 e. The number of aliphatic hydroxyl groups excluding tert-OH is 3.